The van der Waals surface area contributed by atoms with Gasteiger partial charge in [-0.15, -0.1) is 21.5 Å². The number of rotatable bonds is 5. The minimum absolute atomic E-state index is 0.145. The normalized spacial score (nSPS) is 11.3. The van der Waals surface area contributed by atoms with Gasteiger partial charge in [0.05, 0.1) is 26.7 Å². The summed E-state index contributed by atoms with van der Waals surface area (Å²) in [6.07, 6.45) is 0. The number of fused-ring (bicyclic) bond motifs is 1. The predicted octanol–water partition coefficient (Wildman–Crippen LogP) is 6.33. The summed E-state index contributed by atoms with van der Waals surface area (Å²) >= 11 is 13.7. The van der Waals surface area contributed by atoms with Crippen molar-refractivity contribution >= 4 is 45.4 Å². The lowest BCUT2D eigenvalue weighted by molar-refractivity contribution is 0.761. The number of hydrogen-bond acceptors (Lipinski definition) is 6. The maximum atomic E-state index is 13.9. The third kappa shape index (κ3) is 4.19. The number of aromatic nitrogens is 6. The fourth-order valence-electron chi connectivity index (χ4n) is 4.14. The van der Waals surface area contributed by atoms with Crippen LogP contribution in [0.5, 0.6) is 0 Å². The van der Waals surface area contributed by atoms with Gasteiger partial charge in [0.1, 0.15) is 0 Å². The molecule has 176 valence electrons. The van der Waals surface area contributed by atoms with Crippen molar-refractivity contribution in [2.24, 2.45) is 0 Å². The van der Waals surface area contributed by atoms with Crippen LogP contribution >= 0.6 is 34.5 Å². The summed E-state index contributed by atoms with van der Waals surface area (Å²) in [6, 6.07) is 24.5. The zero-order valence-corrected chi connectivity index (χ0v) is 20.8. The van der Waals surface area contributed by atoms with Crippen molar-refractivity contribution in [2.45, 2.75) is 6.54 Å². The number of halogens is 2. The minimum Gasteiger partial charge on any atom is -0.287 e. The smallest absolute Gasteiger partial charge is 0.262 e. The Morgan fingerprint density at radius 1 is 0.917 bits per heavy atom. The molecule has 0 aliphatic heterocycles. The van der Waals surface area contributed by atoms with E-state index >= 15 is 0 Å². The Morgan fingerprint density at radius 2 is 1.72 bits per heavy atom. The third-order valence-corrected chi connectivity index (χ3v) is 7.31. The molecule has 0 saturated carbocycles. The van der Waals surface area contributed by atoms with Crippen LogP contribution in [0.1, 0.15) is 5.56 Å². The van der Waals surface area contributed by atoms with Crippen LogP contribution in [0.4, 0.5) is 0 Å². The van der Waals surface area contributed by atoms with E-state index in [1.807, 2.05) is 78.9 Å². The molecular formula is C26H16Cl2N6OS. The van der Waals surface area contributed by atoms with Gasteiger partial charge in [-0.3, -0.25) is 9.36 Å². The lowest BCUT2D eigenvalue weighted by atomic mass is 9.98. The molecule has 0 aliphatic rings. The van der Waals surface area contributed by atoms with E-state index < -0.39 is 0 Å². The Balaban J connectivity index is 1.55. The molecule has 0 saturated heterocycles. The highest BCUT2D eigenvalue weighted by Crippen LogP contribution is 2.33. The largest absolute Gasteiger partial charge is 0.287 e. The van der Waals surface area contributed by atoms with Gasteiger partial charge in [-0.25, -0.2) is 4.98 Å². The molecular weight excluding hydrogens is 515 g/mol. The van der Waals surface area contributed by atoms with E-state index in [1.165, 1.54) is 11.3 Å². The fourth-order valence-corrected chi connectivity index (χ4v) is 5.30. The molecule has 0 aliphatic carbocycles. The first-order chi connectivity index (χ1) is 17.6. The van der Waals surface area contributed by atoms with Gasteiger partial charge in [0.2, 0.25) is 5.82 Å². The van der Waals surface area contributed by atoms with Gasteiger partial charge in [0.25, 0.3) is 5.56 Å². The second-order valence-electron chi connectivity index (χ2n) is 8.07. The molecule has 10 heteroatoms. The van der Waals surface area contributed by atoms with Gasteiger partial charge in [-0.05, 0) is 58.3 Å². The van der Waals surface area contributed by atoms with E-state index in [2.05, 4.69) is 20.6 Å². The van der Waals surface area contributed by atoms with E-state index in [9.17, 15) is 4.79 Å². The van der Waals surface area contributed by atoms with Crippen LogP contribution in [-0.2, 0) is 6.54 Å². The van der Waals surface area contributed by atoms with Gasteiger partial charge in [0.15, 0.2) is 5.82 Å². The maximum absolute atomic E-state index is 13.9. The van der Waals surface area contributed by atoms with Crippen molar-refractivity contribution in [1.29, 1.82) is 0 Å². The summed E-state index contributed by atoms with van der Waals surface area (Å²) in [7, 11) is 0. The van der Waals surface area contributed by atoms with Crippen LogP contribution in [0, 0.1) is 0 Å². The highest BCUT2D eigenvalue weighted by Gasteiger charge is 2.17. The van der Waals surface area contributed by atoms with Crippen LogP contribution in [0.3, 0.4) is 0 Å². The van der Waals surface area contributed by atoms with E-state index in [0.717, 1.165) is 27.1 Å². The standard InChI is InChI=1S/C26H16Cl2N6OS/c27-17-8-5-15(6-9-17)14-34-25(22-11-12-23(28)36-22)29-21-10-7-16(13-20(21)26(34)35)18-3-1-2-4-19(18)24-30-32-33-31-24/h1-13H,14H2,(H,30,31,32,33). The molecule has 0 radical (unpaired) electrons. The average Bonchev–Trinajstić information content (AvgIpc) is 3.59. The fraction of sp³-hybridized carbons (Fsp3) is 0.0385. The van der Waals surface area contributed by atoms with Crippen molar-refractivity contribution < 1.29 is 0 Å². The van der Waals surface area contributed by atoms with Gasteiger partial charge in [0, 0.05) is 10.6 Å². The summed E-state index contributed by atoms with van der Waals surface area (Å²) in [5, 5.41) is 15.6. The van der Waals surface area contributed by atoms with Crippen LogP contribution in [-0.4, -0.2) is 30.2 Å². The lowest BCUT2D eigenvalue weighted by Gasteiger charge is -2.14. The Kier molecular flexibility index (Phi) is 5.85. The van der Waals surface area contributed by atoms with Crippen LogP contribution in [0.25, 0.3) is 44.1 Å². The molecule has 0 atom stereocenters. The number of nitrogens with zero attached hydrogens (tertiary/aromatic N) is 5. The average molecular weight is 531 g/mol. The van der Waals surface area contributed by atoms with Crippen LogP contribution < -0.4 is 5.56 Å². The maximum Gasteiger partial charge on any atom is 0.262 e. The zero-order chi connectivity index (χ0) is 24.6. The van der Waals surface area contributed by atoms with E-state index in [4.69, 9.17) is 28.2 Å². The third-order valence-electron chi connectivity index (χ3n) is 5.83. The van der Waals surface area contributed by atoms with E-state index in [0.29, 0.717) is 38.5 Å². The molecule has 0 bridgehead atoms. The molecule has 0 fully saturated rings. The summed E-state index contributed by atoms with van der Waals surface area (Å²) < 4.78 is 2.31. The van der Waals surface area contributed by atoms with E-state index in [-0.39, 0.29) is 5.56 Å². The van der Waals surface area contributed by atoms with Gasteiger partial charge < -0.3 is 0 Å². The predicted molar refractivity (Wildman–Crippen MR) is 143 cm³/mol. The van der Waals surface area contributed by atoms with Crippen molar-refractivity contribution in [3.8, 4) is 33.2 Å². The number of thiophene rings is 1. The molecule has 36 heavy (non-hydrogen) atoms. The van der Waals surface area contributed by atoms with Gasteiger partial charge in [-0.1, -0.05) is 65.7 Å². The molecule has 3 aromatic carbocycles. The van der Waals surface area contributed by atoms with Crippen LogP contribution in [0.15, 0.2) is 83.7 Å². The van der Waals surface area contributed by atoms with Gasteiger partial charge in [-0.2, -0.15) is 5.21 Å². The summed E-state index contributed by atoms with van der Waals surface area (Å²) in [5.41, 5.74) is 3.95. The van der Waals surface area contributed by atoms with Crippen molar-refractivity contribution in [3.05, 3.63) is 104 Å². The lowest BCUT2D eigenvalue weighted by Crippen LogP contribution is -2.24. The molecule has 0 unspecified atom stereocenters. The van der Waals surface area contributed by atoms with E-state index in [1.54, 1.807) is 4.57 Å². The molecule has 3 aromatic heterocycles. The summed E-state index contributed by atoms with van der Waals surface area (Å²) in [6.45, 7) is 0.341. The first-order valence-corrected chi connectivity index (χ1v) is 12.5. The number of tetrazole rings is 1. The number of hydrogen-bond donors (Lipinski definition) is 1. The van der Waals surface area contributed by atoms with Crippen LogP contribution in [0.2, 0.25) is 9.36 Å². The molecule has 3 heterocycles. The Hall–Kier alpha value is -3.85. The highest BCUT2D eigenvalue weighted by atomic mass is 35.5. The summed E-state index contributed by atoms with van der Waals surface area (Å²) in [4.78, 5) is 19.6. The first-order valence-electron chi connectivity index (χ1n) is 10.9. The SMILES string of the molecule is O=c1c2cc(-c3ccccc3-c3nn[nH]n3)ccc2nc(-c2ccc(Cl)s2)n1Cc1ccc(Cl)cc1. The second-order valence-corrected chi connectivity index (χ2v) is 10.2. The number of benzene rings is 3. The number of nitrogens with one attached hydrogen (secondary N) is 1. The second kappa shape index (κ2) is 9.31. The topological polar surface area (TPSA) is 89.3 Å². The quantitative estimate of drug-likeness (QED) is 0.281. The molecule has 6 rings (SSSR count). The Bertz CT molecular complexity index is 1760. The highest BCUT2D eigenvalue weighted by molar-refractivity contribution is 7.19. The number of aromatic amines is 1. The van der Waals surface area contributed by atoms with Crippen molar-refractivity contribution in [2.75, 3.05) is 0 Å². The zero-order valence-electron chi connectivity index (χ0n) is 18.5. The molecule has 7 nitrogen and oxygen atoms in total. The monoisotopic (exact) mass is 530 g/mol. The first kappa shape index (κ1) is 22.6. The summed E-state index contributed by atoms with van der Waals surface area (Å²) in [5.74, 6) is 1.05. The van der Waals surface area contributed by atoms with Gasteiger partial charge >= 0.3 is 0 Å². The van der Waals surface area contributed by atoms with Crippen molar-refractivity contribution in [3.63, 3.8) is 0 Å². The minimum atomic E-state index is -0.145. The molecule has 0 amide bonds. The Morgan fingerprint density at radius 3 is 2.44 bits per heavy atom. The van der Waals surface area contributed by atoms with Crippen molar-refractivity contribution in [1.82, 2.24) is 30.2 Å². The molecule has 1 N–H and O–H groups in total. The Labute approximate surface area is 219 Å². The molecule has 6 aromatic rings. The number of H-pyrrole nitrogens is 1. The molecule has 0 spiro atoms.